The van der Waals surface area contributed by atoms with Crippen molar-refractivity contribution in [2.45, 2.75) is 26.3 Å². The fraction of sp³-hybridized carbons (Fsp3) is 0.318. The van der Waals surface area contributed by atoms with Crippen LogP contribution in [-0.2, 0) is 11.3 Å². The number of amides is 1. The summed E-state index contributed by atoms with van der Waals surface area (Å²) in [4.78, 5) is 31.9. The summed E-state index contributed by atoms with van der Waals surface area (Å²) in [5.74, 6) is 1.11. The van der Waals surface area contributed by atoms with E-state index in [9.17, 15) is 9.59 Å². The third-order valence-corrected chi connectivity index (χ3v) is 5.63. The number of carbonyl (C=O) groups is 1. The Morgan fingerprint density at radius 3 is 2.55 bits per heavy atom. The second-order valence-electron chi connectivity index (χ2n) is 7.55. The highest BCUT2D eigenvalue weighted by Crippen LogP contribution is 2.27. The molecule has 1 N–H and O–H groups in total. The van der Waals surface area contributed by atoms with Gasteiger partial charge in [-0.3, -0.25) is 9.36 Å². The maximum atomic E-state index is 12.8. The van der Waals surface area contributed by atoms with Crippen molar-refractivity contribution < 1.29 is 4.79 Å². The molecule has 0 unspecified atom stereocenters. The van der Waals surface area contributed by atoms with Gasteiger partial charge in [-0.05, 0) is 55.2 Å². The van der Waals surface area contributed by atoms with E-state index in [2.05, 4.69) is 22.1 Å². The summed E-state index contributed by atoms with van der Waals surface area (Å²) in [5, 5.41) is 4.28. The fourth-order valence-corrected chi connectivity index (χ4v) is 3.83. The number of nitrogens with one attached hydrogen (secondary N) is 1. The minimum absolute atomic E-state index is 0.105. The molecule has 6 nitrogen and oxygen atoms in total. The first kappa shape index (κ1) is 19.5. The van der Waals surface area contributed by atoms with Gasteiger partial charge in [-0.15, -0.1) is 0 Å². The van der Waals surface area contributed by atoms with E-state index in [1.54, 1.807) is 24.3 Å². The molecule has 1 aliphatic rings. The molecule has 0 aliphatic carbocycles. The molecule has 0 radical (unpaired) electrons. The summed E-state index contributed by atoms with van der Waals surface area (Å²) >= 11 is 5.88. The van der Waals surface area contributed by atoms with E-state index in [-0.39, 0.29) is 12.5 Å². The predicted molar refractivity (Wildman–Crippen MR) is 117 cm³/mol. The van der Waals surface area contributed by atoms with Crippen molar-refractivity contribution in [3.8, 4) is 0 Å². The lowest BCUT2D eigenvalue weighted by molar-refractivity contribution is -0.116. The van der Waals surface area contributed by atoms with Gasteiger partial charge in [-0.25, -0.2) is 4.79 Å². The molecule has 1 saturated heterocycles. The van der Waals surface area contributed by atoms with Crippen LogP contribution in [0.1, 0.15) is 19.8 Å². The third kappa shape index (κ3) is 4.27. The second kappa shape index (κ2) is 8.25. The van der Waals surface area contributed by atoms with E-state index >= 15 is 0 Å². The molecular weight excluding hydrogens is 388 g/mol. The predicted octanol–water partition coefficient (Wildman–Crippen LogP) is 3.92. The number of fused-ring (bicyclic) bond motifs is 1. The van der Waals surface area contributed by atoms with Gasteiger partial charge in [0.2, 0.25) is 5.91 Å². The zero-order valence-corrected chi connectivity index (χ0v) is 17.0. The van der Waals surface area contributed by atoms with Gasteiger partial charge in [0.1, 0.15) is 12.4 Å². The van der Waals surface area contributed by atoms with Gasteiger partial charge < -0.3 is 10.2 Å². The summed E-state index contributed by atoms with van der Waals surface area (Å²) in [6.07, 6.45) is 2.17. The number of carbonyl (C=O) groups excluding carboxylic acids is 1. The first-order valence-electron chi connectivity index (χ1n) is 9.81. The maximum Gasteiger partial charge on any atom is 0.350 e. The van der Waals surface area contributed by atoms with Crippen LogP contribution in [0.25, 0.3) is 10.9 Å². The Morgan fingerprint density at radius 2 is 1.83 bits per heavy atom. The van der Waals surface area contributed by atoms with Crippen molar-refractivity contribution in [1.29, 1.82) is 0 Å². The van der Waals surface area contributed by atoms with Gasteiger partial charge in [0.15, 0.2) is 0 Å². The Morgan fingerprint density at radius 1 is 1.14 bits per heavy atom. The maximum absolute atomic E-state index is 12.8. The molecule has 0 atom stereocenters. The molecule has 150 valence electrons. The number of aromatic nitrogens is 2. The number of para-hydroxylation sites is 1. The Labute approximate surface area is 174 Å². The van der Waals surface area contributed by atoms with Gasteiger partial charge in [0.25, 0.3) is 0 Å². The molecule has 29 heavy (non-hydrogen) atoms. The summed E-state index contributed by atoms with van der Waals surface area (Å²) < 4.78 is 1.43. The van der Waals surface area contributed by atoms with Crippen molar-refractivity contribution in [1.82, 2.24) is 9.55 Å². The zero-order chi connectivity index (χ0) is 20.4. The van der Waals surface area contributed by atoms with Crippen molar-refractivity contribution in [3.63, 3.8) is 0 Å². The number of rotatable bonds is 4. The Hall–Kier alpha value is -2.86. The van der Waals surface area contributed by atoms with Crippen LogP contribution < -0.4 is 15.9 Å². The Balaban J connectivity index is 1.64. The molecule has 0 spiro atoms. The van der Waals surface area contributed by atoms with Gasteiger partial charge in [0.05, 0.1) is 5.52 Å². The molecular formula is C22H23ClN4O2. The fourth-order valence-electron chi connectivity index (χ4n) is 3.70. The lowest BCUT2D eigenvalue weighted by Crippen LogP contribution is -2.37. The highest BCUT2D eigenvalue weighted by molar-refractivity contribution is 6.30. The normalized spacial score (nSPS) is 14.9. The standard InChI is InChI=1S/C22H23ClN4O2/c1-15-10-12-26(13-11-15)21-18-4-2-3-5-19(18)27(22(29)25-21)14-20(28)24-17-8-6-16(23)7-9-17/h2-9,15H,10-14H2,1H3,(H,24,28). The molecule has 1 aromatic heterocycles. The smallest absolute Gasteiger partial charge is 0.350 e. The average molecular weight is 411 g/mol. The zero-order valence-electron chi connectivity index (χ0n) is 16.3. The van der Waals surface area contributed by atoms with E-state index in [4.69, 9.17) is 11.6 Å². The summed E-state index contributed by atoms with van der Waals surface area (Å²) in [6, 6.07) is 14.5. The van der Waals surface area contributed by atoms with Crippen molar-refractivity contribution in [2.24, 2.45) is 5.92 Å². The monoisotopic (exact) mass is 410 g/mol. The lowest BCUT2D eigenvalue weighted by atomic mass is 9.99. The van der Waals surface area contributed by atoms with Gasteiger partial charge in [-0.1, -0.05) is 30.7 Å². The quantitative estimate of drug-likeness (QED) is 0.707. The number of hydrogen-bond donors (Lipinski definition) is 1. The minimum atomic E-state index is -0.413. The third-order valence-electron chi connectivity index (χ3n) is 5.38. The molecule has 4 rings (SSSR count). The number of benzene rings is 2. The molecule has 2 heterocycles. The van der Waals surface area contributed by atoms with Crippen LogP contribution >= 0.6 is 11.6 Å². The number of halogens is 1. The summed E-state index contributed by atoms with van der Waals surface area (Å²) in [7, 11) is 0. The van der Waals surface area contributed by atoms with Crippen LogP contribution in [0.5, 0.6) is 0 Å². The van der Waals surface area contributed by atoms with E-state index in [1.807, 2.05) is 24.3 Å². The Bertz CT molecular complexity index is 1090. The van der Waals surface area contributed by atoms with E-state index < -0.39 is 5.69 Å². The highest BCUT2D eigenvalue weighted by Gasteiger charge is 2.21. The molecule has 1 amide bonds. The summed E-state index contributed by atoms with van der Waals surface area (Å²) in [5.41, 5.74) is 0.930. The number of hydrogen-bond acceptors (Lipinski definition) is 4. The van der Waals surface area contributed by atoms with Crippen LogP contribution in [0.3, 0.4) is 0 Å². The molecule has 3 aromatic rings. The van der Waals surface area contributed by atoms with Crippen molar-refractivity contribution in [2.75, 3.05) is 23.3 Å². The second-order valence-corrected chi connectivity index (χ2v) is 7.98. The van der Waals surface area contributed by atoms with E-state index in [1.165, 1.54) is 4.57 Å². The van der Waals surface area contributed by atoms with Crippen molar-refractivity contribution >= 4 is 39.9 Å². The van der Waals surface area contributed by atoms with E-state index in [0.717, 1.165) is 31.3 Å². The average Bonchev–Trinajstić information content (AvgIpc) is 2.72. The molecule has 7 heteroatoms. The van der Waals surface area contributed by atoms with Crippen LogP contribution in [-0.4, -0.2) is 28.5 Å². The van der Waals surface area contributed by atoms with Crippen LogP contribution in [0.4, 0.5) is 11.5 Å². The van der Waals surface area contributed by atoms with Crippen molar-refractivity contribution in [3.05, 3.63) is 64.0 Å². The SMILES string of the molecule is CC1CCN(c2nc(=O)n(CC(=O)Nc3ccc(Cl)cc3)c3ccccc23)CC1. The van der Waals surface area contributed by atoms with E-state index in [0.29, 0.717) is 28.0 Å². The van der Waals surface area contributed by atoms with Gasteiger partial charge >= 0.3 is 5.69 Å². The highest BCUT2D eigenvalue weighted by atomic mass is 35.5. The molecule has 0 saturated carbocycles. The molecule has 2 aromatic carbocycles. The van der Waals surface area contributed by atoms with Crippen LogP contribution in [0.2, 0.25) is 5.02 Å². The first-order chi connectivity index (χ1) is 14.0. The number of nitrogens with zero attached hydrogens (tertiary/aromatic N) is 3. The molecule has 0 bridgehead atoms. The molecule has 1 aliphatic heterocycles. The molecule has 1 fully saturated rings. The number of piperidine rings is 1. The lowest BCUT2D eigenvalue weighted by Gasteiger charge is -2.32. The first-order valence-corrected chi connectivity index (χ1v) is 10.2. The summed E-state index contributed by atoms with van der Waals surface area (Å²) in [6.45, 7) is 3.92. The minimum Gasteiger partial charge on any atom is -0.356 e. The topological polar surface area (TPSA) is 67.2 Å². The largest absolute Gasteiger partial charge is 0.356 e. The Kier molecular flexibility index (Phi) is 5.53. The van der Waals surface area contributed by atoms with Crippen LogP contribution in [0.15, 0.2) is 53.3 Å². The van der Waals surface area contributed by atoms with Gasteiger partial charge in [-0.2, -0.15) is 4.98 Å². The van der Waals surface area contributed by atoms with Crippen LogP contribution in [0, 0.1) is 5.92 Å². The number of anilines is 2. The van der Waals surface area contributed by atoms with Gasteiger partial charge in [0, 0.05) is 29.2 Å².